The molecule has 10 aromatic rings. The Bertz CT molecular complexity index is 3280. The van der Waals surface area contributed by atoms with E-state index in [1.165, 1.54) is 71.6 Å². The number of para-hydroxylation sites is 2. The van der Waals surface area contributed by atoms with Crippen molar-refractivity contribution in [3.05, 3.63) is 204 Å². The first-order chi connectivity index (χ1) is 27.3. The summed E-state index contributed by atoms with van der Waals surface area (Å²) in [5.41, 5.74) is 15.1. The second-order valence-corrected chi connectivity index (χ2v) is 15.1. The Labute approximate surface area is 316 Å². The fourth-order valence-electron chi connectivity index (χ4n) is 10.3. The van der Waals surface area contributed by atoms with E-state index < -0.39 is 5.41 Å². The lowest BCUT2D eigenvalue weighted by molar-refractivity contribution is 0.622. The van der Waals surface area contributed by atoms with E-state index in [1.54, 1.807) is 0 Å². The number of benzene rings is 8. The normalized spacial score (nSPS) is 15.9. The van der Waals surface area contributed by atoms with Gasteiger partial charge in [-0.15, -0.1) is 0 Å². The van der Waals surface area contributed by atoms with Crippen LogP contribution in [0.5, 0.6) is 0 Å². The minimum Gasteiger partial charge on any atom is -0.436 e. The number of aliphatic imine (C=N–C) groups is 1. The number of aromatic nitrogens is 1. The van der Waals surface area contributed by atoms with E-state index >= 15 is 0 Å². The zero-order valence-corrected chi connectivity index (χ0v) is 29.6. The third-order valence-electron chi connectivity index (χ3n) is 12.5. The van der Waals surface area contributed by atoms with Gasteiger partial charge in [0.1, 0.15) is 23.1 Å². The fourth-order valence-corrected chi connectivity index (χ4v) is 10.3. The van der Waals surface area contributed by atoms with Crippen LogP contribution in [0.4, 0.5) is 11.6 Å². The maximum atomic E-state index is 6.54. The van der Waals surface area contributed by atoms with Crippen LogP contribution in [0.2, 0.25) is 0 Å². The lowest BCUT2D eigenvalue weighted by Crippen LogP contribution is -2.30. The molecule has 1 spiro atoms. The fraction of sp³-hybridized carbons (Fsp3) is 0.0392. The molecule has 0 fully saturated rings. The summed E-state index contributed by atoms with van der Waals surface area (Å²) in [7, 11) is 0. The number of nitrogens with zero attached hydrogens (tertiary/aromatic N) is 2. The van der Waals surface area contributed by atoms with E-state index in [9.17, 15) is 0 Å². The lowest BCUT2D eigenvalue weighted by Gasteiger charge is -2.31. The number of hydrogen-bond donors (Lipinski definition) is 1. The molecule has 0 bridgehead atoms. The molecule has 0 amide bonds. The summed E-state index contributed by atoms with van der Waals surface area (Å²) in [5, 5.41) is 9.91. The van der Waals surface area contributed by atoms with Gasteiger partial charge >= 0.3 is 0 Å². The Morgan fingerprint density at radius 2 is 1.11 bits per heavy atom. The van der Waals surface area contributed by atoms with E-state index in [0.29, 0.717) is 5.88 Å². The Hall–Kier alpha value is -7.17. The molecule has 1 atom stereocenters. The number of fused-ring (bicyclic) bond motifs is 17. The maximum absolute atomic E-state index is 6.54. The molecule has 1 N–H and O–H groups in total. The van der Waals surface area contributed by atoms with Gasteiger partial charge in [0.15, 0.2) is 0 Å². The van der Waals surface area contributed by atoms with E-state index in [-0.39, 0.29) is 6.04 Å². The van der Waals surface area contributed by atoms with Gasteiger partial charge in [0, 0.05) is 16.2 Å². The Morgan fingerprint density at radius 3 is 1.89 bits per heavy atom. The molecule has 0 saturated carbocycles. The first-order valence-electron chi connectivity index (χ1n) is 19.0. The smallest absolute Gasteiger partial charge is 0.245 e. The highest BCUT2D eigenvalue weighted by Crippen LogP contribution is 2.64. The van der Waals surface area contributed by atoms with Crippen LogP contribution in [0.1, 0.15) is 33.9 Å². The minimum atomic E-state index is -0.444. The molecule has 3 aliphatic rings. The molecule has 55 heavy (non-hydrogen) atoms. The van der Waals surface area contributed by atoms with Crippen molar-refractivity contribution in [3.63, 3.8) is 0 Å². The summed E-state index contributed by atoms with van der Waals surface area (Å²) in [4.78, 5) is 5.56. The van der Waals surface area contributed by atoms with E-state index in [4.69, 9.17) is 9.41 Å². The van der Waals surface area contributed by atoms with Crippen molar-refractivity contribution < 1.29 is 4.42 Å². The van der Waals surface area contributed by atoms with Crippen LogP contribution in [-0.4, -0.2) is 10.4 Å². The molecule has 0 radical (unpaired) electrons. The summed E-state index contributed by atoms with van der Waals surface area (Å²) < 4.78 is 8.91. The van der Waals surface area contributed by atoms with Crippen LogP contribution in [0.3, 0.4) is 0 Å². The van der Waals surface area contributed by atoms with Gasteiger partial charge in [0.25, 0.3) is 0 Å². The first-order valence-corrected chi connectivity index (χ1v) is 19.0. The Kier molecular flexibility index (Phi) is 5.59. The van der Waals surface area contributed by atoms with Crippen LogP contribution < -0.4 is 5.32 Å². The van der Waals surface area contributed by atoms with Crippen LogP contribution in [0.15, 0.2) is 185 Å². The molecule has 2 aliphatic carbocycles. The molecule has 2 aromatic heterocycles. The van der Waals surface area contributed by atoms with Crippen LogP contribution in [0.25, 0.3) is 65.8 Å². The highest BCUT2D eigenvalue weighted by Gasteiger charge is 2.52. The first kappa shape index (κ1) is 29.3. The molecular formula is C51H31N3O. The molecule has 1 aliphatic heterocycles. The Balaban J connectivity index is 1.14. The minimum absolute atomic E-state index is 0.316. The van der Waals surface area contributed by atoms with Gasteiger partial charge in [0.2, 0.25) is 5.88 Å². The number of nitrogens with one attached hydrogen (secondary N) is 1. The van der Waals surface area contributed by atoms with Gasteiger partial charge in [-0.1, -0.05) is 146 Å². The monoisotopic (exact) mass is 701 g/mol. The third-order valence-corrected chi connectivity index (χ3v) is 12.5. The van der Waals surface area contributed by atoms with Gasteiger partial charge in [-0.3, -0.25) is 4.57 Å². The van der Waals surface area contributed by atoms with Gasteiger partial charge < -0.3 is 9.73 Å². The largest absolute Gasteiger partial charge is 0.436 e. The van der Waals surface area contributed by atoms with Crippen LogP contribution in [-0.2, 0) is 5.41 Å². The van der Waals surface area contributed by atoms with Crippen LogP contribution in [0, 0.1) is 0 Å². The van der Waals surface area contributed by atoms with E-state index in [0.717, 1.165) is 33.5 Å². The van der Waals surface area contributed by atoms with Gasteiger partial charge in [-0.05, 0) is 91.2 Å². The van der Waals surface area contributed by atoms with Crippen molar-refractivity contribution in [2.45, 2.75) is 11.5 Å². The summed E-state index contributed by atoms with van der Waals surface area (Å²) in [6.07, 6.45) is 0. The van der Waals surface area contributed by atoms with Gasteiger partial charge in [0.05, 0.1) is 16.4 Å². The van der Waals surface area contributed by atoms with Crippen LogP contribution >= 0.6 is 0 Å². The number of hydrogen-bond acceptors (Lipinski definition) is 3. The summed E-state index contributed by atoms with van der Waals surface area (Å²) >= 11 is 0. The van der Waals surface area contributed by atoms with Crippen molar-refractivity contribution >= 4 is 61.0 Å². The Morgan fingerprint density at radius 1 is 0.509 bits per heavy atom. The predicted molar refractivity (Wildman–Crippen MR) is 225 cm³/mol. The quantitative estimate of drug-likeness (QED) is 0.185. The molecule has 3 heterocycles. The average Bonchev–Trinajstić information content (AvgIpc) is 3.96. The zero-order chi connectivity index (χ0) is 35.8. The van der Waals surface area contributed by atoms with Crippen molar-refractivity contribution in [3.8, 4) is 22.3 Å². The highest BCUT2D eigenvalue weighted by atomic mass is 16.3. The van der Waals surface area contributed by atoms with E-state index in [1.807, 2.05) is 12.1 Å². The summed E-state index contributed by atoms with van der Waals surface area (Å²) in [6, 6.07) is 63.9. The summed E-state index contributed by atoms with van der Waals surface area (Å²) in [5.74, 6) is 1.48. The molecule has 13 rings (SSSR count). The molecule has 256 valence electrons. The van der Waals surface area contributed by atoms with Gasteiger partial charge in [-0.25, -0.2) is 0 Å². The molecule has 4 nitrogen and oxygen atoms in total. The van der Waals surface area contributed by atoms with Crippen molar-refractivity contribution in [1.82, 2.24) is 4.57 Å². The third kappa shape index (κ3) is 3.64. The van der Waals surface area contributed by atoms with Crippen molar-refractivity contribution in [2.75, 3.05) is 5.32 Å². The molecule has 0 saturated heterocycles. The predicted octanol–water partition coefficient (Wildman–Crippen LogP) is 12.8. The lowest BCUT2D eigenvalue weighted by atomic mass is 9.70. The van der Waals surface area contributed by atoms with Gasteiger partial charge in [-0.2, -0.15) is 4.99 Å². The molecule has 1 unspecified atom stereocenters. The topological polar surface area (TPSA) is 42.5 Å². The number of furan rings is 1. The molecule has 8 aromatic carbocycles. The van der Waals surface area contributed by atoms with Crippen molar-refractivity contribution in [2.24, 2.45) is 4.99 Å². The molecule has 4 heteroatoms. The van der Waals surface area contributed by atoms with Crippen molar-refractivity contribution in [1.29, 1.82) is 0 Å². The molecular weight excluding hydrogens is 671 g/mol. The summed E-state index contributed by atoms with van der Waals surface area (Å²) in [6.45, 7) is 0. The zero-order valence-electron chi connectivity index (χ0n) is 29.6. The average molecular weight is 702 g/mol. The standard InChI is InChI=1S/C51H31N3O/c1-2-15-31-29-44-38(28-30(31)14-1)34-18-6-11-26-43(34)54(44)49-47(52-48-36-20-7-12-27-45(36)55-50(48)53-49)37-21-13-25-42-46(37)35-19-5-10-24-41(35)51(42)39-22-8-3-16-32(39)33-17-4-9-23-40(33)51/h1-29,47,52H. The highest BCUT2D eigenvalue weighted by molar-refractivity contribution is 6.20. The second-order valence-electron chi connectivity index (χ2n) is 15.1. The maximum Gasteiger partial charge on any atom is 0.245 e. The van der Waals surface area contributed by atoms with E-state index in [2.05, 4.69) is 174 Å². The number of rotatable bonds is 1. The second kappa shape index (κ2) is 10.5. The number of anilines is 1. The SMILES string of the molecule is c1ccc2c(c1)-c1ccccc1C21c2ccccc2-c2c(C3Nc4c(oc5ccccc45)N=C3n3c4ccccc4c4cc5ccccc5cc43)cccc21.